The molecule has 0 aromatic carbocycles. The monoisotopic (exact) mass is 322 g/mol. The van der Waals surface area contributed by atoms with E-state index in [-0.39, 0.29) is 0 Å². The molecule has 0 unspecified atom stereocenters. The van der Waals surface area contributed by atoms with E-state index >= 15 is 0 Å². The van der Waals surface area contributed by atoms with Gasteiger partial charge < -0.3 is 0 Å². The predicted molar refractivity (Wildman–Crippen MR) is 65.3 cm³/mol. The van der Waals surface area contributed by atoms with Crippen LogP contribution in [-0.2, 0) is 3.08 Å². The molecule has 3 heteroatoms. The van der Waals surface area contributed by atoms with E-state index in [1.807, 2.05) is 0 Å². The summed E-state index contributed by atoms with van der Waals surface area (Å²) in [7, 11) is 0. The van der Waals surface area contributed by atoms with Gasteiger partial charge in [0.25, 0.3) is 0 Å². The van der Waals surface area contributed by atoms with E-state index in [1.54, 1.807) is 0 Å². The normalized spacial score (nSPS) is 10.5. The molecule has 0 aliphatic carbocycles. The van der Waals surface area contributed by atoms with Gasteiger partial charge in [0.2, 0.25) is 0 Å². The summed E-state index contributed by atoms with van der Waals surface area (Å²) < 4.78 is 19.9. The molecule has 0 aromatic heterocycles. The first-order chi connectivity index (χ1) is 7.27. The number of hydrogen-bond acceptors (Lipinski definition) is 1. The maximum atomic E-state index is 10.5. The van der Waals surface area contributed by atoms with Crippen molar-refractivity contribution in [3.05, 3.63) is 0 Å². The zero-order chi connectivity index (χ0) is 11.4. The Morgan fingerprint density at radius 1 is 0.800 bits per heavy atom. The molecule has 0 aromatic rings. The molecule has 0 aliphatic rings. The molecular formula is C12H26O2Sn. The second-order valence-electron chi connectivity index (χ2n) is 4.33. The van der Waals surface area contributed by atoms with Crippen molar-refractivity contribution < 1.29 is 6.52 Å². The first kappa shape index (κ1) is 15.6. The number of rotatable bonds is 11. The Hall–Kier alpha value is 0.559. The average Bonchev–Trinajstić information content (AvgIpc) is 2.20. The van der Waals surface area contributed by atoms with Crippen LogP contribution < -0.4 is 0 Å². The van der Waals surface area contributed by atoms with E-state index in [9.17, 15) is 3.08 Å². The van der Waals surface area contributed by atoms with Gasteiger partial charge in [-0.1, -0.05) is 0 Å². The Labute approximate surface area is 102 Å². The van der Waals surface area contributed by atoms with E-state index in [2.05, 4.69) is 6.92 Å². The maximum absolute atomic E-state index is 10.5. The van der Waals surface area contributed by atoms with Crippen LogP contribution in [0.1, 0.15) is 71.1 Å². The second-order valence-corrected chi connectivity index (χ2v) is 8.00. The summed E-state index contributed by atoms with van der Waals surface area (Å²) in [5.74, 6) is 0. The van der Waals surface area contributed by atoms with Crippen LogP contribution in [0.15, 0.2) is 0 Å². The molecule has 15 heavy (non-hydrogen) atoms. The zero-order valence-electron chi connectivity index (χ0n) is 10.1. The molecule has 0 heterocycles. The molecule has 0 fully saturated rings. The summed E-state index contributed by atoms with van der Waals surface area (Å²) in [5.41, 5.74) is 0. The zero-order valence-corrected chi connectivity index (χ0v) is 13.0. The van der Waals surface area contributed by atoms with E-state index in [4.69, 9.17) is 3.44 Å². The van der Waals surface area contributed by atoms with Crippen LogP contribution in [0.4, 0.5) is 0 Å². The third-order valence-electron chi connectivity index (χ3n) is 2.74. The Kier molecular flexibility index (Phi) is 13.1. The van der Waals surface area contributed by atoms with Crippen LogP contribution >= 0.6 is 0 Å². The van der Waals surface area contributed by atoms with E-state index in [0.717, 1.165) is 12.8 Å². The third kappa shape index (κ3) is 14.6. The van der Waals surface area contributed by atoms with Crippen LogP contribution in [-0.4, -0.2) is 23.6 Å². The summed E-state index contributed by atoms with van der Waals surface area (Å²) in [6.07, 6.45) is 12.9. The summed E-state index contributed by atoms with van der Waals surface area (Å²) >= 11 is -2.98. The van der Waals surface area contributed by atoms with Gasteiger partial charge in [-0.3, -0.25) is 0 Å². The van der Waals surface area contributed by atoms with Crippen molar-refractivity contribution in [1.29, 1.82) is 0 Å². The summed E-state index contributed by atoms with van der Waals surface area (Å²) in [4.78, 5) is 0. The van der Waals surface area contributed by atoms with Crippen LogP contribution in [0, 0.1) is 0 Å². The van der Waals surface area contributed by atoms with Crippen molar-refractivity contribution in [3.63, 3.8) is 0 Å². The summed E-state index contributed by atoms with van der Waals surface area (Å²) in [6.45, 7) is 2.25. The first-order valence-corrected chi connectivity index (χ1v) is 10.9. The summed E-state index contributed by atoms with van der Waals surface area (Å²) in [5, 5.41) is 0. The molecule has 0 saturated carbocycles. The fraction of sp³-hybridized carbons (Fsp3) is 1.00. The standard InChI is InChI=1S/C12H25.H2O.O.Sn/c1-3-5-7-9-11-12-10-8-6-4-2;;;/h1,3-12H2,2H3;1H2;;/q;;;+1/p-1. The molecule has 0 bridgehead atoms. The molecule has 0 radical (unpaired) electrons. The number of hydrogen-bond donors (Lipinski definition) is 1. The average molecular weight is 321 g/mol. The minimum absolute atomic E-state index is 0.624. The first-order valence-electron chi connectivity index (χ1n) is 6.49. The molecule has 0 atom stereocenters. The minimum atomic E-state index is -2.98. The van der Waals surface area contributed by atoms with E-state index < -0.39 is 20.2 Å². The van der Waals surface area contributed by atoms with Gasteiger partial charge in [-0.05, 0) is 0 Å². The van der Waals surface area contributed by atoms with Gasteiger partial charge in [0, 0.05) is 0 Å². The van der Waals surface area contributed by atoms with E-state index in [1.165, 1.54) is 51.4 Å². The number of unbranched alkanes of at least 4 members (excludes halogenated alkanes) is 9. The summed E-state index contributed by atoms with van der Waals surface area (Å²) in [6, 6.07) is 0. The van der Waals surface area contributed by atoms with Gasteiger partial charge in [0.15, 0.2) is 0 Å². The predicted octanol–water partition coefficient (Wildman–Crippen LogP) is 3.82. The Balaban J connectivity index is 2.89. The molecule has 2 nitrogen and oxygen atoms in total. The Morgan fingerprint density at radius 2 is 1.20 bits per heavy atom. The van der Waals surface area contributed by atoms with Gasteiger partial charge in [0.05, 0.1) is 0 Å². The molecule has 0 aliphatic heterocycles. The van der Waals surface area contributed by atoms with Crippen molar-refractivity contribution in [3.8, 4) is 0 Å². The van der Waals surface area contributed by atoms with Crippen LogP contribution in [0.5, 0.6) is 0 Å². The Bertz CT molecular complexity index is 149. The molecular weight excluding hydrogens is 295 g/mol. The molecule has 90 valence electrons. The van der Waals surface area contributed by atoms with Crippen molar-refractivity contribution in [1.82, 2.24) is 0 Å². The van der Waals surface area contributed by atoms with Crippen molar-refractivity contribution in [2.45, 2.75) is 75.6 Å². The quantitative estimate of drug-likeness (QED) is 0.464. The van der Waals surface area contributed by atoms with Crippen molar-refractivity contribution >= 4 is 20.2 Å². The molecule has 0 rings (SSSR count). The van der Waals surface area contributed by atoms with Crippen LogP contribution in [0.25, 0.3) is 0 Å². The van der Waals surface area contributed by atoms with Gasteiger partial charge >= 0.3 is 102 Å². The van der Waals surface area contributed by atoms with Crippen LogP contribution in [0.3, 0.4) is 0 Å². The van der Waals surface area contributed by atoms with Gasteiger partial charge in [0.1, 0.15) is 0 Å². The Morgan fingerprint density at radius 3 is 1.60 bits per heavy atom. The fourth-order valence-electron chi connectivity index (χ4n) is 1.76. The van der Waals surface area contributed by atoms with Crippen molar-refractivity contribution in [2.24, 2.45) is 0 Å². The molecule has 0 spiro atoms. The molecule has 0 amide bonds. The van der Waals surface area contributed by atoms with Gasteiger partial charge in [-0.15, -0.1) is 0 Å². The topological polar surface area (TPSA) is 37.3 Å². The fourth-order valence-corrected chi connectivity index (χ4v) is 3.34. The van der Waals surface area contributed by atoms with Crippen molar-refractivity contribution in [2.75, 3.05) is 0 Å². The van der Waals surface area contributed by atoms with Gasteiger partial charge in [-0.25, -0.2) is 0 Å². The molecule has 1 N–H and O–H groups in total. The third-order valence-corrected chi connectivity index (χ3v) is 4.97. The van der Waals surface area contributed by atoms with E-state index in [0.29, 0.717) is 4.44 Å². The SMILES string of the molecule is CCCCCCCCCCC[CH2][Sn](=[O])[OH]. The molecule has 0 saturated heterocycles. The second kappa shape index (κ2) is 12.6. The van der Waals surface area contributed by atoms with Gasteiger partial charge in [-0.2, -0.15) is 0 Å². The van der Waals surface area contributed by atoms with Crippen LogP contribution in [0.2, 0.25) is 4.44 Å².